The Bertz CT molecular complexity index is 550. The molecule has 1 fully saturated rings. The first-order valence-corrected chi connectivity index (χ1v) is 7.57. The molecule has 0 aromatic heterocycles. The molecule has 2 rings (SSSR count). The Labute approximate surface area is 128 Å². The number of halogens is 1. The fourth-order valence-electron chi connectivity index (χ4n) is 2.51. The van der Waals surface area contributed by atoms with Crippen molar-refractivity contribution in [1.29, 1.82) is 10.5 Å². The topological polar surface area (TPSA) is 54.1 Å². The van der Waals surface area contributed by atoms with E-state index >= 15 is 0 Å². The second-order valence-electron chi connectivity index (χ2n) is 4.85. The summed E-state index contributed by atoms with van der Waals surface area (Å²) in [4.78, 5) is 4.54. The second-order valence-corrected chi connectivity index (χ2v) is 5.71. The summed E-state index contributed by atoms with van der Waals surface area (Å²) in [6, 6.07) is 10.4. The van der Waals surface area contributed by atoms with Crippen LogP contribution in [-0.4, -0.2) is 37.1 Å². The van der Waals surface area contributed by atoms with Gasteiger partial charge in [0.25, 0.3) is 0 Å². The molecule has 0 aliphatic carbocycles. The molecule has 0 saturated carbocycles. The Kier molecular flexibility index (Phi) is 5.00. The zero-order chi connectivity index (χ0) is 14.5. The first-order valence-electron chi connectivity index (χ1n) is 6.77. The smallest absolute Gasteiger partial charge is 0.100 e. The number of rotatable bonds is 3. The highest BCUT2D eigenvalue weighted by atomic mass is 79.9. The summed E-state index contributed by atoms with van der Waals surface area (Å²) in [5.41, 5.74) is 1.78. The fourth-order valence-corrected chi connectivity index (χ4v) is 2.97. The van der Waals surface area contributed by atoms with E-state index in [-0.39, 0.29) is 6.04 Å². The van der Waals surface area contributed by atoms with Gasteiger partial charge in [0.2, 0.25) is 0 Å². The number of nitriles is 2. The minimum Gasteiger partial charge on any atom is -0.369 e. The quantitative estimate of drug-likeness (QED) is 0.853. The molecule has 0 amide bonds. The molecular weight excluding hydrogens is 316 g/mol. The maximum atomic E-state index is 9.11. The van der Waals surface area contributed by atoms with Gasteiger partial charge in [0.05, 0.1) is 17.7 Å². The number of hydrogen-bond donors (Lipinski definition) is 0. The summed E-state index contributed by atoms with van der Waals surface area (Å²) in [6.07, 6.45) is 0.874. The molecule has 0 spiro atoms. The third-order valence-corrected chi connectivity index (χ3v) is 4.39. The predicted octanol–water partition coefficient (Wildman–Crippen LogP) is 2.74. The lowest BCUT2D eigenvalue weighted by atomic mass is 10.1. The van der Waals surface area contributed by atoms with Crippen molar-refractivity contribution in [2.24, 2.45) is 0 Å². The van der Waals surface area contributed by atoms with Gasteiger partial charge in [-0.25, -0.2) is 0 Å². The summed E-state index contributed by atoms with van der Waals surface area (Å²) in [5, 5.41) is 18.1. The molecule has 1 aliphatic heterocycles. The lowest BCUT2D eigenvalue weighted by molar-refractivity contribution is 0.216. The fraction of sp³-hybridized carbons (Fsp3) is 0.467. The lowest BCUT2D eigenvalue weighted by Crippen LogP contribution is -2.49. The predicted molar refractivity (Wildman–Crippen MR) is 82.3 cm³/mol. The average molecular weight is 333 g/mol. The van der Waals surface area contributed by atoms with Gasteiger partial charge in [0.1, 0.15) is 6.07 Å². The van der Waals surface area contributed by atoms with Crippen molar-refractivity contribution in [1.82, 2.24) is 4.90 Å². The van der Waals surface area contributed by atoms with Crippen molar-refractivity contribution in [3.05, 3.63) is 28.2 Å². The molecule has 5 heteroatoms. The van der Waals surface area contributed by atoms with E-state index < -0.39 is 0 Å². The van der Waals surface area contributed by atoms with Gasteiger partial charge in [-0.15, -0.1) is 0 Å². The molecule has 104 valence electrons. The number of hydrogen-bond acceptors (Lipinski definition) is 4. The van der Waals surface area contributed by atoms with Crippen molar-refractivity contribution in [2.75, 3.05) is 31.1 Å². The van der Waals surface area contributed by atoms with Crippen molar-refractivity contribution < 1.29 is 0 Å². The van der Waals surface area contributed by atoms with E-state index in [1.165, 1.54) is 0 Å². The Balaban J connectivity index is 2.03. The van der Waals surface area contributed by atoms with Crippen LogP contribution < -0.4 is 4.90 Å². The van der Waals surface area contributed by atoms with Crippen LogP contribution in [0.3, 0.4) is 0 Å². The summed E-state index contributed by atoms with van der Waals surface area (Å²) in [7, 11) is 0. The molecule has 1 aromatic carbocycles. The minimum absolute atomic E-state index is 0.0323. The van der Waals surface area contributed by atoms with Gasteiger partial charge in [-0.3, -0.25) is 4.90 Å². The van der Waals surface area contributed by atoms with Crippen molar-refractivity contribution >= 4 is 21.6 Å². The normalized spacial score (nSPS) is 17.3. The first-order chi connectivity index (χ1) is 9.69. The van der Waals surface area contributed by atoms with Gasteiger partial charge in [0.15, 0.2) is 0 Å². The van der Waals surface area contributed by atoms with E-state index in [4.69, 9.17) is 10.5 Å². The van der Waals surface area contributed by atoms with Crippen LogP contribution in [0.4, 0.5) is 5.69 Å². The van der Waals surface area contributed by atoms with Crippen LogP contribution in [0.1, 0.15) is 18.9 Å². The van der Waals surface area contributed by atoms with E-state index in [0.717, 1.165) is 42.8 Å². The van der Waals surface area contributed by atoms with Crippen molar-refractivity contribution in [2.45, 2.75) is 19.4 Å². The summed E-state index contributed by atoms with van der Waals surface area (Å²) in [5.74, 6) is 0. The second kappa shape index (κ2) is 6.74. The number of benzene rings is 1. The van der Waals surface area contributed by atoms with Gasteiger partial charge >= 0.3 is 0 Å². The maximum Gasteiger partial charge on any atom is 0.100 e. The molecule has 0 bridgehead atoms. The summed E-state index contributed by atoms with van der Waals surface area (Å²) in [6.45, 7) is 5.69. The first kappa shape index (κ1) is 14.8. The lowest BCUT2D eigenvalue weighted by Gasteiger charge is -2.38. The highest BCUT2D eigenvalue weighted by Crippen LogP contribution is 2.25. The Morgan fingerprint density at radius 3 is 2.45 bits per heavy atom. The van der Waals surface area contributed by atoms with Gasteiger partial charge < -0.3 is 4.90 Å². The van der Waals surface area contributed by atoms with Crippen molar-refractivity contribution in [3.8, 4) is 12.1 Å². The van der Waals surface area contributed by atoms with Crippen molar-refractivity contribution in [3.63, 3.8) is 0 Å². The molecule has 4 nitrogen and oxygen atoms in total. The van der Waals surface area contributed by atoms with E-state index in [2.05, 4.69) is 44.8 Å². The van der Waals surface area contributed by atoms with Crippen LogP contribution in [-0.2, 0) is 0 Å². The van der Waals surface area contributed by atoms with Gasteiger partial charge in [-0.1, -0.05) is 6.92 Å². The largest absolute Gasteiger partial charge is 0.369 e. The van der Waals surface area contributed by atoms with Gasteiger partial charge in [-0.05, 0) is 40.5 Å². The number of piperazine rings is 1. The molecule has 1 aromatic rings. The van der Waals surface area contributed by atoms with Crippen LogP contribution >= 0.6 is 15.9 Å². The SMILES string of the molecule is CCC(C#N)N1CCN(c2ccc(C#N)c(Br)c2)CC1. The molecule has 1 heterocycles. The van der Waals surface area contributed by atoms with E-state index in [1.54, 1.807) is 0 Å². The molecule has 1 unspecified atom stereocenters. The molecule has 20 heavy (non-hydrogen) atoms. The molecule has 1 aliphatic rings. The molecule has 1 saturated heterocycles. The Hall–Kier alpha value is -1.56. The van der Waals surface area contributed by atoms with Crippen LogP contribution in [0.5, 0.6) is 0 Å². The van der Waals surface area contributed by atoms with Crippen LogP contribution in [0.25, 0.3) is 0 Å². The zero-order valence-electron chi connectivity index (χ0n) is 11.5. The van der Waals surface area contributed by atoms with Crippen LogP contribution in [0.15, 0.2) is 22.7 Å². The summed E-state index contributed by atoms with van der Waals surface area (Å²) < 4.78 is 0.836. The Morgan fingerprint density at radius 2 is 1.95 bits per heavy atom. The number of nitrogens with zero attached hydrogens (tertiary/aromatic N) is 4. The standard InChI is InChI=1S/C15H17BrN4/c1-2-13(11-18)19-5-7-20(8-6-19)14-4-3-12(10-17)15(16)9-14/h3-4,9,13H,2,5-8H2,1H3. The maximum absolute atomic E-state index is 9.11. The highest BCUT2D eigenvalue weighted by molar-refractivity contribution is 9.10. The molecule has 0 N–H and O–H groups in total. The minimum atomic E-state index is 0.0323. The monoisotopic (exact) mass is 332 g/mol. The molecule has 0 radical (unpaired) electrons. The summed E-state index contributed by atoms with van der Waals surface area (Å²) >= 11 is 3.43. The third-order valence-electron chi connectivity index (χ3n) is 3.73. The molecular formula is C15H17BrN4. The van der Waals surface area contributed by atoms with Crippen LogP contribution in [0, 0.1) is 22.7 Å². The molecule has 1 atom stereocenters. The average Bonchev–Trinajstić information content (AvgIpc) is 2.49. The Morgan fingerprint density at radius 1 is 1.25 bits per heavy atom. The van der Waals surface area contributed by atoms with Gasteiger partial charge in [-0.2, -0.15) is 10.5 Å². The highest BCUT2D eigenvalue weighted by Gasteiger charge is 2.22. The van der Waals surface area contributed by atoms with E-state index in [1.807, 2.05) is 18.2 Å². The van der Waals surface area contributed by atoms with E-state index in [0.29, 0.717) is 5.56 Å². The van der Waals surface area contributed by atoms with Gasteiger partial charge in [0, 0.05) is 36.3 Å². The third kappa shape index (κ3) is 3.12. The van der Waals surface area contributed by atoms with E-state index in [9.17, 15) is 0 Å². The van der Waals surface area contributed by atoms with Crippen LogP contribution in [0.2, 0.25) is 0 Å². The number of anilines is 1. The zero-order valence-corrected chi connectivity index (χ0v) is 13.1.